The number of rotatable bonds is 4. The van der Waals surface area contributed by atoms with Crippen LogP contribution in [0.1, 0.15) is 18.4 Å². The molecule has 1 heterocycles. The first-order chi connectivity index (χ1) is 9.49. The molecule has 20 heavy (non-hydrogen) atoms. The zero-order valence-electron chi connectivity index (χ0n) is 11.2. The van der Waals surface area contributed by atoms with Gasteiger partial charge in [0.25, 0.3) is 5.91 Å². The monoisotopic (exact) mass is 314 g/mol. The van der Waals surface area contributed by atoms with E-state index < -0.39 is 17.1 Å². The highest BCUT2D eigenvalue weighted by molar-refractivity contribution is 7.90. The molecule has 0 aromatic heterocycles. The number of hydrogen-bond donors (Lipinski definition) is 2. The number of carbonyl (C=O) groups excluding carboxylic acids is 1. The van der Waals surface area contributed by atoms with Crippen molar-refractivity contribution in [3.8, 4) is 0 Å². The van der Waals surface area contributed by atoms with Gasteiger partial charge in [-0.05, 0) is 31.0 Å². The lowest BCUT2D eigenvalue weighted by atomic mass is 10.1. The molecule has 1 aliphatic rings. The quantitative estimate of drug-likeness (QED) is 0.656. The molecule has 1 saturated heterocycles. The van der Waals surface area contributed by atoms with Crippen molar-refractivity contribution in [3.63, 3.8) is 0 Å². The van der Waals surface area contributed by atoms with Gasteiger partial charge in [0.05, 0.1) is 5.02 Å². The third-order valence-electron chi connectivity index (χ3n) is 3.08. The second-order valence-corrected chi connectivity index (χ2v) is 6.40. The van der Waals surface area contributed by atoms with Crippen molar-refractivity contribution in [1.82, 2.24) is 5.01 Å². The van der Waals surface area contributed by atoms with Crippen molar-refractivity contribution >= 4 is 34.4 Å². The summed E-state index contributed by atoms with van der Waals surface area (Å²) < 4.78 is 9.59. The minimum absolute atomic E-state index is 0.203. The predicted molar refractivity (Wildman–Crippen MR) is 82.2 cm³/mol. The van der Waals surface area contributed by atoms with Crippen LogP contribution in [0.5, 0.6) is 0 Å². The van der Waals surface area contributed by atoms with Crippen LogP contribution in [0, 0.1) is 0 Å². The Morgan fingerprint density at radius 1 is 1.45 bits per heavy atom. The number of nitrogens with two attached hydrogens (primary N) is 1. The van der Waals surface area contributed by atoms with Crippen molar-refractivity contribution in [2.75, 3.05) is 19.3 Å². The normalized spacial score (nSPS) is 17.4. The van der Waals surface area contributed by atoms with Crippen LogP contribution in [-0.4, -0.2) is 40.5 Å². The molecule has 0 saturated carbocycles. The molecule has 0 bridgehead atoms. The number of halogens is 1. The van der Waals surface area contributed by atoms with Gasteiger partial charge in [0.2, 0.25) is 4.90 Å². The zero-order valence-corrected chi connectivity index (χ0v) is 12.7. The van der Waals surface area contributed by atoms with Gasteiger partial charge in [-0.2, -0.15) is 9.65 Å². The van der Waals surface area contributed by atoms with Gasteiger partial charge in [0.15, 0.2) is 16.9 Å². The Bertz CT molecular complexity index is 542. The Hall–Kier alpha value is -1.24. The highest BCUT2D eigenvalue weighted by Gasteiger charge is 2.21. The Balaban J connectivity index is 2.34. The van der Waals surface area contributed by atoms with Gasteiger partial charge in [-0.3, -0.25) is 9.80 Å². The minimum atomic E-state index is -0.925. The van der Waals surface area contributed by atoms with Crippen molar-refractivity contribution < 1.29 is 9.35 Å². The van der Waals surface area contributed by atoms with E-state index in [1.54, 1.807) is 24.5 Å². The number of nitrogens with zero attached hydrogens (tertiary/aromatic N) is 2. The first-order valence-corrected chi connectivity index (χ1v) is 8.24. The first-order valence-electron chi connectivity index (χ1n) is 6.27. The molecule has 2 rings (SSSR count). The maximum atomic E-state index is 11.6. The van der Waals surface area contributed by atoms with Gasteiger partial charge < -0.3 is 5.73 Å². The van der Waals surface area contributed by atoms with E-state index in [2.05, 4.69) is 5.10 Å². The molecule has 1 fully saturated rings. The van der Waals surface area contributed by atoms with Crippen molar-refractivity contribution in [2.45, 2.75) is 17.7 Å². The molecule has 3 N–H and O–H groups in total. The van der Waals surface area contributed by atoms with E-state index in [9.17, 15) is 9.35 Å². The van der Waals surface area contributed by atoms with Crippen LogP contribution in [0.25, 0.3) is 0 Å². The second-order valence-electron chi connectivity index (χ2n) is 4.60. The summed E-state index contributed by atoms with van der Waals surface area (Å²) in [6, 6.07) is 5.03. The minimum Gasteiger partial charge on any atom is -0.364 e. The third kappa shape index (κ3) is 3.45. The van der Waals surface area contributed by atoms with Crippen LogP contribution in [0.2, 0.25) is 5.02 Å². The molecule has 0 spiro atoms. The zero-order chi connectivity index (χ0) is 14.7. The molecule has 7 heteroatoms. The molecular formula is C13H17ClN3O2S+. The largest absolute Gasteiger partial charge is 0.364 e. The lowest BCUT2D eigenvalue weighted by molar-refractivity contribution is -0.112. The standard InChI is InChI=1S/C13H16ClN3O2S/c1-20(19)11-5-4-9(8-10(11)14)12(13(15)18)16-17-6-2-3-7-17/h4-5,8,19H,2-3,6-7H2,1H3,(H-,15,18)/p+1. The van der Waals surface area contributed by atoms with Crippen LogP contribution < -0.4 is 5.73 Å². The summed E-state index contributed by atoms with van der Waals surface area (Å²) in [6.45, 7) is 1.66. The summed E-state index contributed by atoms with van der Waals surface area (Å²) in [4.78, 5) is 12.2. The average molecular weight is 315 g/mol. The molecule has 0 aliphatic carbocycles. The Kier molecular flexibility index (Phi) is 4.91. The van der Waals surface area contributed by atoms with Crippen molar-refractivity contribution in [1.29, 1.82) is 0 Å². The third-order valence-corrected chi connectivity index (χ3v) is 4.50. The summed E-state index contributed by atoms with van der Waals surface area (Å²) in [7, 11) is 0. The molecule has 1 atom stereocenters. The molecule has 1 aromatic carbocycles. The summed E-state index contributed by atoms with van der Waals surface area (Å²) in [5.74, 6) is -0.583. The SMILES string of the molecule is C[S+](O)c1ccc(C(=NN2CCCC2)C(N)=O)cc1Cl. The highest BCUT2D eigenvalue weighted by Crippen LogP contribution is 2.23. The van der Waals surface area contributed by atoms with Crippen molar-refractivity contribution in [2.24, 2.45) is 10.8 Å². The number of carbonyl (C=O) groups is 1. The number of hydrazone groups is 1. The predicted octanol–water partition coefficient (Wildman–Crippen LogP) is 1.71. The van der Waals surface area contributed by atoms with E-state index >= 15 is 0 Å². The van der Waals surface area contributed by atoms with E-state index in [1.165, 1.54) is 0 Å². The fourth-order valence-corrected chi connectivity index (χ4v) is 3.20. The highest BCUT2D eigenvalue weighted by atomic mass is 35.5. The van der Waals surface area contributed by atoms with Gasteiger partial charge in [-0.15, -0.1) is 0 Å². The van der Waals surface area contributed by atoms with Gasteiger partial charge in [-0.1, -0.05) is 11.6 Å². The second kappa shape index (κ2) is 6.47. The molecule has 0 radical (unpaired) electrons. The van der Waals surface area contributed by atoms with Gasteiger partial charge in [-0.25, -0.2) is 0 Å². The van der Waals surface area contributed by atoms with Gasteiger partial charge in [0, 0.05) is 18.7 Å². The van der Waals surface area contributed by atoms with E-state index in [1.807, 2.05) is 5.01 Å². The molecule has 1 aromatic rings. The maximum absolute atomic E-state index is 11.6. The van der Waals surface area contributed by atoms with Crippen LogP contribution in [0.4, 0.5) is 0 Å². The van der Waals surface area contributed by atoms with Crippen LogP contribution in [-0.2, 0) is 16.0 Å². The van der Waals surface area contributed by atoms with Crippen molar-refractivity contribution in [3.05, 3.63) is 28.8 Å². The Labute approximate surface area is 126 Å². The fourth-order valence-electron chi connectivity index (χ4n) is 2.08. The lowest BCUT2D eigenvalue weighted by Crippen LogP contribution is -2.28. The van der Waals surface area contributed by atoms with E-state index in [-0.39, 0.29) is 5.71 Å². The number of benzene rings is 1. The number of hydrogen-bond acceptors (Lipinski definition) is 4. The molecular weight excluding hydrogens is 298 g/mol. The van der Waals surface area contributed by atoms with Crippen LogP contribution >= 0.6 is 11.6 Å². The molecule has 108 valence electrons. The summed E-state index contributed by atoms with van der Waals surface area (Å²) >= 11 is 5.19. The molecule has 1 amide bonds. The van der Waals surface area contributed by atoms with Gasteiger partial charge >= 0.3 is 0 Å². The van der Waals surface area contributed by atoms with Gasteiger partial charge in [0.1, 0.15) is 6.26 Å². The van der Waals surface area contributed by atoms with E-state index in [0.29, 0.717) is 15.5 Å². The molecule has 1 aliphatic heterocycles. The van der Waals surface area contributed by atoms with Crippen LogP contribution in [0.3, 0.4) is 0 Å². The number of amides is 1. The Morgan fingerprint density at radius 2 is 2.10 bits per heavy atom. The van der Waals surface area contributed by atoms with E-state index in [4.69, 9.17) is 17.3 Å². The average Bonchev–Trinajstić information content (AvgIpc) is 2.87. The van der Waals surface area contributed by atoms with E-state index in [0.717, 1.165) is 25.9 Å². The topological polar surface area (TPSA) is 78.9 Å². The fraction of sp³-hybridized carbons (Fsp3) is 0.385. The summed E-state index contributed by atoms with van der Waals surface area (Å²) in [5, 5.41) is 6.57. The lowest BCUT2D eigenvalue weighted by Gasteiger charge is -2.12. The first kappa shape index (κ1) is 15.2. The molecule has 1 unspecified atom stereocenters. The molecule has 5 nitrogen and oxygen atoms in total. The summed E-state index contributed by atoms with van der Waals surface area (Å²) in [6.07, 6.45) is 3.80. The summed E-state index contributed by atoms with van der Waals surface area (Å²) in [5.41, 5.74) is 6.18. The smallest absolute Gasteiger partial charge is 0.269 e. The maximum Gasteiger partial charge on any atom is 0.269 e. The number of primary amides is 1. The Morgan fingerprint density at radius 3 is 2.60 bits per heavy atom. The van der Waals surface area contributed by atoms with Crippen LogP contribution in [0.15, 0.2) is 28.2 Å².